The van der Waals surface area contributed by atoms with Gasteiger partial charge in [-0.15, -0.1) is 0 Å². The third kappa shape index (κ3) is 3.05. The summed E-state index contributed by atoms with van der Waals surface area (Å²) in [7, 11) is 0. The molecule has 1 aliphatic rings. The number of aromatic amines is 1. The van der Waals surface area contributed by atoms with E-state index in [1.54, 1.807) is 45.0 Å². The van der Waals surface area contributed by atoms with Gasteiger partial charge in [-0.05, 0) is 32.4 Å². The molecule has 7 heteroatoms. The molecule has 0 saturated carbocycles. The van der Waals surface area contributed by atoms with Crippen molar-refractivity contribution in [2.45, 2.75) is 26.7 Å². The van der Waals surface area contributed by atoms with Crippen LogP contribution >= 0.6 is 11.6 Å². The number of aryl methyl sites for hydroxylation is 1. The standard InChI is InChI=1S/C18H17ClN2O4/c1-4-24-18(23)13-9(2)25-17-15(16(22)20-10(3)21-17)14(13)11-7-5-6-8-12(11)19/h5-8,14H,4H2,1-3H3,(H,20,21,22). The highest BCUT2D eigenvalue weighted by molar-refractivity contribution is 6.31. The Labute approximate surface area is 149 Å². The number of ether oxygens (including phenoxy) is 2. The molecule has 2 heterocycles. The molecule has 0 saturated heterocycles. The van der Waals surface area contributed by atoms with Gasteiger partial charge in [0.05, 0.1) is 23.7 Å². The summed E-state index contributed by atoms with van der Waals surface area (Å²) < 4.78 is 10.8. The number of halogens is 1. The molecule has 130 valence electrons. The lowest BCUT2D eigenvalue weighted by atomic mass is 9.83. The fourth-order valence-corrected chi connectivity index (χ4v) is 3.18. The second kappa shape index (κ2) is 6.72. The van der Waals surface area contributed by atoms with E-state index in [1.807, 2.05) is 0 Å². The lowest BCUT2D eigenvalue weighted by Crippen LogP contribution is -2.30. The molecular formula is C18H17ClN2O4. The Kier molecular flexibility index (Phi) is 4.63. The summed E-state index contributed by atoms with van der Waals surface area (Å²) in [6.45, 7) is 5.24. The third-order valence-corrected chi connectivity index (χ3v) is 4.30. The Morgan fingerprint density at radius 2 is 2.08 bits per heavy atom. The number of carbonyl (C=O) groups is 1. The molecule has 6 nitrogen and oxygen atoms in total. The Bertz CT molecular complexity index is 933. The lowest BCUT2D eigenvalue weighted by molar-refractivity contribution is -0.139. The first-order valence-corrected chi connectivity index (χ1v) is 8.22. The number of benzene rings is 1. The van der Waals surface area contributed by atoms with Gasteiger partial charge in [-0.25, -0.2) is 4.79 Å². The SMILES string of the molecule is CCOC(=O)C1=C(C)Oc2nc(C)[nH]c(=O)c2C1c1ccccc1Cl. The summed E-state index contributed by atoms with van der Waals surface area (Å²) in [5.74, 6) is -0.317. The molecule has 3 rings (SSSR count). The van der Waals surface area contributed by atoms with Gasteiger partial charge in [0.15, 0.2) is 0 Å². The molecule has 0 spiro atoms. The number of fused-ring (bicyclic) bond motifs is 1. The molecule has 1 aromatic heterocycles. The quantitative estimate of drug-likeness (QED) is 0.850. The molecule has 1 N–H and O–H groups in total. The van der Waals surface area contributed by atoms with E-state index in [4.69, 9.17) is 21.1 Å². The number of nitrogens with zero attached hydrogens (tertiary/aromatic N) is 1. The van der Waals surface area contributed by atoms with Gasteiger partial charge in [0.1, 0.15) is 11.6 Å². The van der Waals surface area contributed by atoms with Gasteiger partial charge in [0, 0.05) is 5.02 Å². The second-order valence-electron chi connectivity index (χ2n) is 5.62. The van der Waals surface area contributed by atoms with Gasteiger partial charge in [-0.3, -0.25) is 4.79 Å². The Hall–Kier alpha value is -2.60. The highest BCUT2D eigenvalue weighted by Crippen LogP contribution is 2.42. The first kappa shape index (κ1) is 17.2. The zero-order valence-corrected chi connectivity index (χ0v) is 14.8. The van der Waals surface area contributed by atoms with Crippen LogP contribution in [0.3, 0.4) is 0 Å². The average molecular weight is 361 g/mol. The van der Waals surface area contributed by atoms with Crippen molar-refractivity contribution in [1.29, 1.82) is 0 Å². The molecule has 0 fully saturated rings. The summed E-state index contributed by atoms with van der Waals surface area (Å²) >= 11 is 6.35. The van der Waals surface area contributed by atoms with Crippen LogP contribution in [0.15, 0.2) is 40.4 Å². The van der Waals surface area contributed by atoms with E-state index in [-0.39, 0.29) is 29.2 Å². The predicted octanol–water partition coefficient (Wildman–Crippen LogP) is 3.09. The summed E-state index contributed by atoms with van der Waals surface area (Å²) in [4.78, 5) is 32.1. The summed E-state index contributed by atoms with van der Waals surface area (Å²) in [5.41, 5.74) is 0.736. The van der Waals surface area contributed by atoms with Gasteiger partial charge in [0.2, 0.25) is 5.88 Å². The molecule has 1 atom stereocenters. The van der Waals surface area contributed by atoms with Gasteiger partial charge < -0.3 is 14.5 Å². The number of aromatic nitrogens is 2. The fourth-order valence-electron chi connectivity index (χ4n) is 2.94. The smallest absolute Gasteiger partial charge is 0.338 e. The largest absolute Gasteiger partial charge is 0.463 e. The van der Waals surface area contributed by atoms with Gasteiger partial charge in [-0.1, -0.05) is 29.8 Å². The molecule has 1 unspecified atom stereocenters. The molecule has 0 radical (unpaired) electrons. The van der Waals surface area contributed by atoms with E-state index >= 15 is 0 Å². The van der Waals surface area contributed by atoms with Crippen molar-refractivity contribution in [2.75, 3.05) is 6.61 Å². The van der Waals surface area contributed by atoms with Crippen molar-refractivity contribution < 1.29 is 14.3 Å². The van der Waals surface area contributed by atoms with E-state index in [0.29, 0.717) is 22.2 Å². The van der Waals surface area contributed by atoms with Crippen LogP contribution in [0.5, 0.6) is 5.88 Å². The maximum absolute atomic E-state index is 12.6. The molecule has 2 aromatic rings. The van der Waals surface area contributed by atoms with Crippen LogP contribution < -0.4 is 10.3 Å². The molecule has 25 heavy (non-hydrogen) atoms. The molecule has 1 aromatic carbocycles. The van der Waals surface area contributed by atoms with Gasteiger partial charge >= 0.3 is 5.97 Å². The van der Waals surface area contributed by atoms with Crippen LogP contribution in [-0.4, -0.2) is 22.5 Å². The van der Waals surface area contributed by atoms with Crippen molar-refractivity contribution in [3.8, 4) is 5.88 Å². The number of nitrogens with one attached hydrogen (secondary N) is 1. The van der Waals surface area contributed by atoms with Crippen molar-refractivity contribution in [3.63, 3.8) is 0 Å². The number of H-pyrrole nitrogens is 1. The number of rotatable bonds is 3. The second-order valence-corrected chi connectivity index (χ2v) is 6.02. The summed E-state index contributed by atoms with van der Waals surface area (Å²) in [5, 5.41) is 0.440. The number of esters is 1. The monoisotopic (exact) mass is 360 g/mol. The number of carbonyl (C=O) groups excluding carboxylic acids is 1. The molecule has 0 aliphatic carbocycles. The normalized spacial score (nSPS) is 16.2. The van der Waals surface area contributed by atoms with E-state index in [0.717, 1.165) is 0 Å². The van der Waals surface area contributed by atoms with Gasteiger partial charge in [-0.2, -0.15) is 4.98 Å². The van der Waals surface area contributed by atoms with Crippen LogP contribution in [0.4, 0.5) is 0 Å². The highest BCUT2D eigenvalue weighted by Gasteiger charge is 2.38. The van der Waals surface area contributed by atoms with E-state index in [2.05, 4.69) is 9.97 Å². The first-order valence-electron chi connectivity index (χ1n) is 7.85. The van der Waals surface area contributed by atoms with Gasteiger partial charge in [0.25, 0.3) is 5.56 Å². The Morgan fingerprint density at radius 1 is 1.36 bits per heavy atom. The summed E-state index contributed by atoms with van der Waals surface area (Å²) in [6.07, 6.45) is 0. The fraction of sp³-hybridized carbons (Fsp3) is 0.278. The van der Waals surface area contributed by atoms with E-state index in [1.165, 1.54) is 0 Å². The van der Waals surface area contributed by atoms with Crippen LogP contribution in [-0.2, 0) is 9.53 Å². The van der Waals surface area contributed by atoms with Crippen molar-refractivity contribution in [1.82, 2.24) is 9.97 Å². The van der Waals surface area contributed by atoms with E-state index in [9.17, 15) is 9.59 Å². The predicted molar refractivity (Wildman–Crippen MR) is 92.9 cm³/mol. The average Bonchev–Trinajstić information content (AvgIpc) is 2.53. The van der Waals surface area contributed by atoms with Crippen molar-refractivity contribution in [3.05, 3.63) is 67.9 Å². The minimum absolute atomic E-state index is 0.178. The topological polar surface area (TPSA) is 81.3 Å². The molecular weight excluding hydrogens is 344 g/mol. The highest BCUT2D eigenvalue weighted by atomic mass is 35.5. The van der Waals surface area contributed by atoms with Crippen LogP contribution in [0, 0.1) is 6.92 Å². The van der Waals surface area contributed by atoms with Crippen LogP contribution in [0.25, 0.3) is 0 Å². The molecule has 1 aliphatic heterocycles. The zero-order chi connectivity index (χ0) is 18.1. The Morgan fingerprint density at radius 3 is 2.76 bits per heavy atom. The number of hydrogen-bond donors (Lipinski definition) is 1. The van der Waals surface area contributed by atoms with Crippen LogP contribution in [0.2, 0.25) is 5.02 Å². The third-order valence-electron chi connectivity index (χ3n) is 3.96. The summed E-state index contributed by atoms with van der Waals surface area (Å²) in [6, 6.07) is 7.06. The maximum atomic E-state index is 12.6. The number of hydrogen-bond acceptors (Lipinski definition) is 5. The van der Waals surface area contributed by atoms with Crippen LogP contribution in [0.1, 0.15) is 36.7 Å². The minimum Gasteiger partial charge on any atom is -0.463 e. The van der Waals surface area contributed by atoms with Crippen molar-refractivity contribution in [2.24, 2.45) is 0 Å². The zero-order valence-electron chi connectivity index (χ0n) is 14.1. The first-order chi connectivity index (χ1) is 11.9. The minimum atomic E-state index is -0.714. The maximum Gasteiger partial charge on any atom is 0.338 e. The number of allylic oxidation sites excluding steroid dienone is 1. The van der Waals surface area contributed by atoms with Crippen molar-refractivity contribution >= 4 is 17.6 Å². The van der Waals surface area contributed by atoms with E-state index < -0.39 is 11.9 Å². The Balaban J connectivity index is 2.30. The lowest BCUT2D eigenvalue weighted by Gasteiger charge is -2.28. The molecule has 0 amide bonds. The molecule has 0 bridgehead atoms.